The molecule has 0 saturated carbocycles. The zero-order valence-electron chi connectivity index (χ0n) is 14.0. The fraction of sp³-hybridized carbons (Fsp3) is 0.389. The van der Waals surface area contributed by atoms with E-state index < -0.39 is 17.8 Å². The summed E-state index contributed by atoms with van der Waals surface area (Å²) in [5.74, 6) is -1.72. The molecule has 1 aliphatic rings. The van der Waals surface area contributed by atoms with Crippen LogP contribution in [-0.2, 0) is 14.3 Å². The van der Waals surface area contributed by atoms with Crippen molar-refractivity contribution in [3.63, 3.8) is 0 Å². The van der Waals surface area contributed by atoms with Crippen molar-refractivity contribution in [3.05, 3.63) is 45.1 Å². The van der Waals surface area contributed by atoms with E-state index in [1.54, 1.807) is 39.0 Å². The highest BCUT2D eigenvalue weighted by Gasteiger charge is 2.40. The van der Waals surface area contributed by atoms with Gasteiger partial charge in [0.1, 0.15) is 5.78 Å². The lowest BCUT2D eigenvalue weighted by atomic mass is 9.74. The molecular formula is C18H19Cl2NO3. The third-order valence-electron chi connectivity index (χ3n) is 4.08. The molecule has 0 N–H and O–H groups in total. The first-order valence-corrected chi connectivity index (χ1v) is 8.42. The van der Waals surface area contributed by atoms with Gasteiger partial charge in [-0.05, 0) is 39.3 Å². The van der Waals surface area contributed by atoms with Crippen LogP contribution in [0.2, 0.25) is 10.0 Å². The molecule has 4 nitrogen and oxygen atoms in total. The molecule has 0 spiro atoms. The maximum Gasteiger partial charge on any atom is 0.336 e. The van der Waals surface area contributed by atoms with Gasteiger partial charge in [-0.25, -0.2) is 4.79 Å². The van der Waals surface area contributed by atoms with E-state index in [4.69, 9.17) is 27.9 Å². The Morgan fingerprint density at radius 2 is 1.92 bits per heavy atom. The van der Waals surface area contributed by atoms with E-state index >= 15 is 0 Å². The predicted molar refractivity (Wildman–Crippen MR) is 95.8 cm³/mol. The Morgan fingerprint density at radius 1 is 1.25 bits per heavy atom. The average Bonchev–Trinajstić information content (AvgIpc) is 2.49. The number of carbonyl (C=O) groups excluding carboxylic acids is 2. The van der Waals surface area contributed by atoms with Gasteiger partial charge in [0, 0.05) is 17.3 Å². The standard InChI is InChI=1S/C18H19Cl2NO3/c1-5-24-18(23)15-10(3)21-9(2)14(11(4)22)16(15)12-7-6-8-13(19)17(12)20/h6-8,14,16H,5H2,1-4H3. The normalized spacial score (nSPS) is 20.7. The number of ketones is 1. The Morgan fingerprint density at radius 3 is 2.50 bits per heavy atom. The zero-order chi connectivity index (χ0) is 18.0. The molecule has 1 aliphatic heterocycles. The Balaban J connectivity index is 2.72. The summed E-state index contributed by atoms with van der Waals surface area (Å²) in [5, 5.41) is 0.706. The van der Waals surface area contributed by atoms with E-state index in [0.29, 0.717) is 32.6 Å². The summed E-state index contributed by atoms with van der Waals surface area (Å²) in [4.78, 5) is 29.2. The second-order valence-corrected chi connectivity index (χ2v) is 6.47. The van der Waals surface area contributed by atoms with Crippen LogP contribution in [0.1, 0.15) is 39.2 Å². The molecule has 0 aliphatic carbocycles. The highest BCUT2D eigenvalue weighted by molar-refractivity contribution is 6.42. The lowest BCUT2D eigenvalue weighted by Gasteiger charge is -2.32. The number of allylic oxidation sites excluding steroid dienone is 1. The summed E-state index contributed by atoms with van der Waals surface area (Å²) in [6, 6.07) is 5.19. The fourth-order valence-electron chi connectivity index (χ4n) is 3.14. The van der Waals surface area contributed by atoms with Crippen LogP contribution < -0.4 is 0 Å². The number of aliphatic imine (C=N–C) groups is 1. The van der Waals surface area contributed by atoms with Gasteiger partial charge in [0.25, 0.3) is 0 Å². The van der Waals surface area contributed by atoms with Crippen molar-refractivity contribution in [2.45, 2.75) is 33.6 Å². The van der Waals surface area contributed by atoms with Crippen LogP contribution >= 0.6 is 23.2 Å². The number of nitrogens with zero attached hydrogens (tertiary/aromatic N) is 1. The topological polar surface area (TPSA) is 55.7 Å². The first-order chi connectivity index (χ1) is 11.3. The third kappa shape index (κ3) is 3.40. The summed E-state index contributed by atoms with van der Waals surface area (Å²) >= 11 is 12.5. The highest BCUT2D eigenvalue weighted by Crippen LogP contribution is 2.43. The second kappa shape index (κ2) is 7.49. The van der Waals surface area contributed by atoms with Gasteiger partial charge < -0.3 is 4.74 Å². The van der Waals surface area contributed by atoms with Crippen molar-refractivity contribution < 1.29 is 14.3 Å². The number of hydrogen-bond donors (Lipinski definition) is 0. The van der Waals surface area contributed by atoms with Crippen molar-refractivity contribution in [3.8, 4) is 0 Å². The van der Waals surface area contributed by atoms with Crippen LogP contribution in [0.25, 0.3) is 0 Å². The van der Waals surface area contributed by atoms with Gasteiger partial charge in [-0.1, -0.05) is 35.3 Å². The van der Waals surface area contributed by atoms with Crippen LogP contribution in [0.5, 0.6) is 0 Å². The molecule has 0 aromatic heterocycles. The van der Waals surface area contributed by atoms with Crippen molar-refractivity contribution in [2.24, 2.45) is 10.9 Å². The Bertz CT molecular complexity index is 753. The summed E-state index contributed by atoms with van der Waals surface area (Å²) < 4.78 is 5.18. The minimum Gasteiger partial charge on any atom is -0.463 e. The quantitative estimate of drug-likeness (QED) is 0.731. The molecule has 0 fully saturated rings. The van der Waals surface area contributed by atoms with Gasteiger partial charge in [0.15, 0.2) is 0 Å². The maximum absolute atomic E-state index is 12.5. The van der Waals surface area contributed by atoms with Crippen molar-refractivity contribution in [1.29, 1.82) is 0 Å². The molecule has 0 bridgehead atoms. The predicted octanol–water partition coefficient (Wildman–Crippen LogP) is 4.59. The van der Waals surface area contributed by atoms with Crippen LogP contribution in [0.4, 0.5) is 0 Å². The maximum atomic E-state index is 12.5. The Kier molecular flexibility index (Phi) is 5.83. The number of Topliss-reactive ketones (excluding diaryl/α,β-unsaturated/α-hetero) is 1. The number of esters is 1. The molecular weight excluding hydrogens is 349 g/mol. The molecule has 0 saturated heterocycles. The smallest absolute Gasteiger partial charge is 0.336 e. The largest absolute Gasteiger partial charge is 0.463 e. The van der Waals surface area contributed by atoms with Crippen LogP contribution in [0, 0.1) is 5.92 Å². The molecule has 128 valence electrons. The Labute approximate surface area is 151 Å². The molecule has 1 aromatic rings. The van der Waals surface area contributed by atoms with Crippen molar-refractivity contribution in [2.75, 3.05) is 6.61 Å². The minimum atomic E-state index is -0.580. The summed E-state index contributed by atoms with van der Waals surface area (Å²) in [6.07, 6.45) is 0. The molecule has 24 heavy (non-hydrogen) atoms. The van der Waals surface area contributed by atoms with Crippen LogP contribution in [0.3, 0.4) is 0 Å². The van der Waals surface area contributed by atoms with Crippen molar-refractivity contribution >= 4 is 40.7 Å². The molecule has 0 radical (unpaired) electrons. The molecule has 0 amide bonds. The van der Waals surface area contributed by atoms with Crippen LogP contribution in [0.15, 0.2) is 34.5 Å². The number of benzene rings is 1. The highest BCUT2D eigenvalue weighted by atomic mass is 35.5. The third-order valence-corrected chi connectivity index (χ3v) is 4.91. The zero-order valence-corrected chi connectivity index (χ0v) is 15.5. The first kappa shape index (κ1) is 18.7. The van der Waals surface area contributed by atoms with Gasteiger partial charge in [-0.3, -0.25) is 9.79 Å². The van der Waals surface area contributed by atoms with Gasteiger partial charge >= 0.3 is 5.97 Å². The number of hydrogen-bond acceptors (Lipinski definition) is 4. The van der Waals surface area contributed by atoms with E-state index in [-0.39, 0.29) is 12.4 Å². The average molecular weight is 368 g/mol. The molecule has 2 unspecified atom stereocenters. The van der Waals surface area contributed by atoms with E-state index in [1.165, 1.54) is 6.92 Å². The summed E-state index contributed by atoms with van der Waals surface area (Å²) in [5.41, 5.74) is 2.16. The lowest BCUT2D eigenvalue weighted by Crippen LogP contribution is -2.34. The molecule has 1 aromatic carbocycles. The summed E-state index contributed by atoms with van der Waals surface area (Å²) in [7, 11) is 0. The van der Waals surface area contributed by atoms with E-state index in [1.807, 2.05) is 0 Å². The van der Waals surface area contributed by atoms with E-state index in [0.717, 1.165) is 0 Å². The molecule has 2 atom stereocenters. The number of carbonyl (C=O) groups is 2. The molecule has 2 rings (SSSR count). The molecule has 6 heteroatoms. The van der Waals surface area contributed by atoms with Gasteiger partial charge in [0.05, 0.1) is 28.1 Å². The lowest BCUT2D eigenvalue weighted by molar-refractivity contribution is -0.139. The minimum absolute atomic E-state index is 0.0911. The number of rotatable bonds is 4. The SMILES string of the molecule is CCOC(=O)C1=C(C)N=C(C)C(C(C)=O)C1c1cccc(Cl)c1Cl. The summed E-state index contributed by atoms with van der Waals surface area (Å²) in [6.45, 7) is 6.97. The second-order valence-electron chi connectivity index (χ2n) is 5.68. The Hall–Kier alpha value is -1.65. The van der Waals surface area contributed by atoms with Gasteiger partial charge in [-0.2, -0.15) is 0 Å². The van der Waals surface area contributed by atoms with E-state index in [2.05, 4.69) is 4.99 Å². The number of ether oxygens (including phenoxy) is 1. The fourth-order valence-corrected chi connectivity index (χ4v) is 3.56. The van der Waals surface area contributed by atoms with Crippen molar-refractivity contribution in [1.82, 2.24) is 0 Å². The monoisotopic (exact) mass is 367 g/mol. The van der Waals surface area contributed by atoms with Crippen LogP contribution in [-0.4, -0.2) is 24.1 Å². The first-order valence-electron chi connectivity index (χ1n) is 7.67. The number of halogens is 2. The van der Waals surface area contributed by atoms with Gasteiger partial charge in [0.2, 0.25) is 0 Å². The van der Waals surface area contributed by atoms with Gasteiger partial charge in [-0.15, -0.1) is 0 Å². The van der Waals surface area contributed by atoms with E-state index in [9.17, 15) is 9.59 Å². The molecule has 1 heterocycles.